The van der Waals surface area contributed by atoms with Crippen LogP contribution in [0.3, 0.4) is 0 Å². The zero-order valence-corrected chi connectivity index (χ0v) is 13.8. The summed E-state index contributed by atoms with van der Waals surface area (Å²) in [5.41, 5.74) is 0.941. The summed E-state index contributed by atoms with van der Waals surface area (Å²) in [4.78, 5) is 16.1. The molecular formula is C16H19N5OS. The predicted molar refractivity (Wildman–Crippen MR) is 89.9 cm³/mol. The number of nitrogens with one attached hydrogen (secondary N) is 1. The van der Waals surface area contributed by atoms with Crippen LogP contribution < -0.4 is 5.32 Å². The van der Waals surface area contributed by atoms with E-state index in [1.807, 2.05) is 23.6 Å². The highest BCUT2D eigenvalue weighted by Gasteiger charge is 2.27. The van der Waals surface area contributed by atoms with E-state index in [-0.39, 0.29) is 11.2 Å². The van der Waals surface area contributed by atoms with Gasteiger partial charge in [0.2, 0.25) is 5.91 Å². The maximum atomic E-state index is 12.1. The van der Waals surface area contributed by atoms with Crippen molar-refractivity contribution in [3.05, 3.63) is 37.2 Å². The lowest BCUT2D eigenvalue weighted by atomic mass is 10.2. The van der Waals surface area contributed by atoms with Gasteiger partial charge in [-0.05, 0) is 31.9 Å². The SMILES string of the molecule is C=CCn1c(S[C@@H](C)C(=O)NC2CC2)nnc1-c1ccncc1. The molecule has 0 spiro atoms. The second-order valence-electron chi connectivity index (χ2n) is 5.48. The summed E-state index contributed by atoms with van der Waals surface area (Å²) in [6.07, 6.45) is 7.42. The molecule has 1 aliphatic carbocycles. The van der Waals surface area contributed by atoms with Crippen molar-refractivity contribution in [3.8, 4) is 11.4 Å². The third kappa shape index (κ3) is 3.79. The van der Waals surface area contributed by atoms with Crippen LogP contribution in [0, 0.1) is 0 Å². The Balaban J connectivity index is 1.80. The number of hydrogen-bond acceptors (Lipinski definition) is 5. The first-order chi connectivity index (χ1) is 11.2. The highest BCUT2D eigenvalue weighted by atomic mass is 32.2. The van der Waals surface area contributed by atoms with Crippen LogP contribution in [-0.4, -0.2) is 36.9 Å². The Morgan fingerprint density at radius 3 is 2.87 bits per heavy atom. The van der Waals surface area contributed by atoms with Crippen LogP contribution in [0.1, 0.15) is 19.8 Å². The van der Waals surface area contributed by atoms with E-state index in [0.717, 1.165) is 29.4 Å². The summed E-state index contributed by atoms with van der Waals surface area (Å²) in [5.74, 6) is 0.806. The maximum Gasteiger partial charge on any atom is 0.233 e. The van der Waals surface area contributed by atoms with Gasteiger partial charge in [-0.2, -0.15) is 0 Å². The molecule has 23 heavy (non-hydrogen) atoms. The number of rotatable bonds is 7. The van der Waals surface area contributed by atoms with Gasteiger partial charge in [0.1, 0.15) is 0 Å². The standard InChI is InChI=1S/C16H19N5OS/c1-3-10-21-14(12-6-8-17-9-7-12)19-20-16(21)23-11(2)15(22)18-13-4-5-13/h3,6-9,11,13H,1,4-5,10H2,2H3,(H,18,22)/t11-/m0/s1. The first kappa shape index (κ1) is 15.7. The monoisotopic (exact) mass is 329 g/mol. The summed E-state index contributed by atoms with van der Waals surface area (Å²) in [6, 6.07) is 4.15. The summed E-state index contributed by atoms with van der Waals surface area (Å²) in [6.45, 7) is 6.27. The van der Waals surface area contributed by atoms with E-state index in [4.69, 9.17) is 0 Å². The summed E-state index contributed by atoms with van der Waals surface area (Å²) in [7, 11) is 0. The quantitative estimate of drug-likeness (QED) is 0.623. The lowest BCUT2D eigenvalue weighted by molar-refractivity contribution is -0.120. The van der Waals surface area contributed by atoms with Gasteiger partial charge in [0, 0.05) is 30.5 Å². The van der Waals surface area contributed by atoms with Gasteiger partial charge >= 0.3 is 0 Å². The van der Waals surface area contributed by atoms with Gasteiger partial charge in [0.25, 0.3) is 0 Å². The molecule has 6 nitrogen and oxygen atoms in total. The van der Waals surface area contributed by atoms with Crippen molar-refractivity contribution >= 4 is 17.7 Å². The fourth-order valence-corrected chi connectivity index (χ4v) is 3.01. The van der Waals surface area contributed by atoms with Crippen molar-refractivity contribution < 1.29 is 4.79 Å². The van der Waals surface area contributed by atoms with E-state index in [1.54, 1.807) is 18.5 Å². The van der Waals surface area contributed by atoms with E-state index < -0.39 is 0 Å². The van der Waals surface area contributed by atoms with E-state index in [9.17, 15) is 4.79 Å². The molecule has 120 valence electrons. The van der Waals surface area contributed by atoms with Crippen molar-refractivity contribution in [2.24, 2.45) is 0 Å². The first-order valence-corrected chi connectivity index (χ1v) is 8.48. The molecule has 1 amide bonds. The van der Waals surface area contributed by atoms with E-state index >= 15 is 0 Å². The van der Waals surface area contributed by atoms with Crippen molar-refractivity contribution in [2.45, 2.75) is 42.8 Å². The largest absolute Gasteiger partial charge is 0.352 e. The molecule has 7 heteroatoms. The average molecular weight is 329 g/mol. The third-order valence-corrected chi connectivity index (χ3v) is 4.62. The van der Waals surface area contributed by atoms with Gasteiger partial charge in [0.15, 0.2) is 11.0 Å². The number of thioether (sulfide) groups is 1. The smallest absolute Gasteiger partial charge is 0.233 e. The van der Waals surface area contributed by atoms with Crippen LogP contribution >= 0.6 is 11.8 Å². The molecule has 2 aromatic rings. The summed E-state index contributed by atoms with van der Waals surface area (Å²) < 4.78 is 1.97. The molecule has 1 fully saturated rings. The molecule has 0 unspecified atom stereocenters. The van der Waals surface area contributed by atoms with E-state index in [1.165, 1.54) is 11.8 Å². The second-order valence-corrected chi connectivity index (χ2v) is 6.79. The van der Waals surface area contributed by atoms with Crippen LogP contribution in [0.5, 0.6) is 0 Å². The van der Waals surface area contributed by atoms with Gasteiger partial charge in [-0.15, -0.1) is 16.8 Å². The fraction of sp³-hybridized carbons (Fsp3) is 0.375. The Labute approximate surface area is 139 Å². The predicted octanol–water partition coefficient (Wildman–Crippen LogP) is 2.29. The molecular weight excluding hydrogens is 310 g/mol. The molecule has 2 heterocycles. The number of nitrogens with zero attached hydrogens (tertiary/aromatic N) is 4. The Bertz CT molecular complexity index is 696. The van der Waals surface area contributed by atoms with Gasteiger partial charge in [-0.3, -0.25) is 14.3 Å². The number of amides is 1. The number of carbonyl (C=O) groups is 1. The number of allylic oxidation sites excluding steroid dienone is 1. The van der Waals surface area contributed by atoms with Crippen molar-refractivity contribution in [3.63, 3.8) is 0 Å². The number of pyridine rings is 1. The Morgan fingerprint density at radius 2 is 2.22 bits per heavy atom. The molecule has 1 atom stereocenters. The van der Waals surface area contributed by atoms with Crippen LogP contribution in [0.2, 0.25) is 0 Å². The molecule has 0 saturated heterocycles. The number of carbonyl (C=O) groups excluding carboxylic acids is 1. The molecule has 1 saturated carbocycles. The lowest BCUT2D eigenvalue weighted by Gasteiger charge is -2.12. The van der Waals surface area contributed by atoms with E-state index in [0.29, 0.717) is 12.6 Å². The lowest BCUT2D eigenvalue weighted by Crippen LogP contribution is -2.32. The zero-order chi connectivity index (χ0) is 16.2. The fourth-order valence-electron chi connectivity index (χ4n) is 2.14. The molecule has 0 aromatic carbocycles. The first-order valence-electron chi connectivity index (χ1n) is 7.60. The van der Waals surface area contributed by atoms with Crippen LogP contribution in [0.4, 0.5) is 0 Å². The minimum Gasteiger partial charge on any atom is -0.352 e. The Morgan fingerprint density at radius 1 is 1.48 bits per heavy atom. The molecule has 1 aliphatic rings. The average Bonchev–Trinajstić information content (AvgIpc) is 3.29. The minimum atomic E-state index is -0.214. The van der Waals surface area contributed by atoms with Crippen molar-refractivity contribution in [1.82, 2.24) is 25.1 Å². The van der Waals surface area contributed by atoms with Crippen LogP contribution in [-0.2, 0) is 11.3 Å². The topological polar surface area (TPSA) is 72.7 Å². The highest BCUT2D eigenvalue weighted by molar-refractivity contribution is 8.00. The Kier molecular flexibility index (Phi) is 4.76. The van der Waals surface area contributed by atoms with E-state index in [2.05, 4.69) is 27.1 Å². The van der Waals surface area contributed by atoms with Gasteiger partial charge in [-0.25, -0.2) is 0 Å². The second kappa shape index (κ2) is 6.95. The van der Waals surface area contributed by atoms with Crippen molar-refractivity contribution in [1.29, 1.82) is 0 Å². The Hall–Kier alpha value is -2.15. The van der Waals surface area contributed by atoms with Gasteiger partial charge < -0.3 is 5.32 Å². The highest BCUT2D eigenvalue weighted by Crippen LogP contribution is 2.27. The molecule has 0 bridgehead atoms. The van der Waals surface area contributed by atoms with Crippen LogP contribution in [0.25, 0.3) is 11.4 Å². The number of aromatic nitrogens is 4. The van der Waals surface area contributed by atoms with Crippen molar-refractivity contribution in [2.75, 3.05) is 0 Å². The molecule has 0 radical (unpaired) electrons. The summed E-state index contributed by atoms with van der Waals surface area (Å²) >= 11 is 1.42. The van der Waals surface area contributed by atoms with Gasteiger partial charge in [-0.1, -0.05) is 17.8 Å². The zero-order valence-electron chi connectivity index (χ0n) is 13.0. The minimum absolute atomic E-state index is 0.0520. The molecule has 0 aliphatic heterocycles. The third-order valence-electron chi connectivity index (χ3n) is 3.54. The maximum absolute atomic E-state index is 12.1. The molecule has 3 rings (SSSR count). The molecule has 1 N–H and O–H groups in total. The number of hydrogen-bond donors (Lipinski definition) is 1. The summed E-state index contributed by atoms with van der Waals surface area (Å²) in [5, 5.41) is 12.1. The van der Waals surface area contributed by atoms with Crippen LogP contribution in [0.15, 0.2) is 42.3 Å². The molecule has 2 aromatic heterocycles. The normalized spacial score (nSPS) is 15.2. The van der Waals surface area contributed by atoms with Gasteiger partial charge in [0.05, 0.1) is 5.25 Å².